The van der Waals surface area contributed by atoms with E-state index in [0.29, 0.717) is 16.8 Å². The Hall–Kier alpha value is -3.52. The second-order valence-electron chi connectivity index (χ2n) is 8.85. The third kappa shape index (κ3) is 5.65. The van der Waals surface area contributed by atoms with Crippen LogP contribution in [0.1, 0.15) is 31.7 Å². The first-order valence-electron chi connectivity index (χ1n) is 11.6. The Morgan fingerprint density at radius 1 is 1.00 bits per heavy atom. The average Bonchev–Trinajstić information content (AvgIpc) is 3.38. The van der Waals surface area contributed by atoms with E-state index in [2.05, 4.69) is 10.2 Å². The molecule has 2 aromatic carbocycles. The normalized spacial score (nSPS) is 18.8. The molecule has 9 nitrogen and oxygen atoms in total. The van der Waals surface area contributed by atoms with Crippen LogP contribution in [-0.4, -0.2) is 65.3 Å². The Morgan fingerprint density at radius 2 is 1.61 bits per heavy atom. The van der Waals surface area contributed by atoms with Crippen molar-refractivity contribution in [3.8, 4) is 11.5 Å². The number of carbonyl (C=O) groups excluding carboxylic acids is 1. The molecule has 0 spiro atoms. The number of halogens is 4. The molecule has 2 atom stereocenters. The highest BCUT2D eigenvalue weighted by Crippen LogP contribution is 2.28. The highest BCUT2D eigenvalue weighted by Gasteiger charge is 2.42. The number of carbonyl (C=O) groups is 1. The molecule has 0 radical (unpaired) electrons. The molecule has 204 valence electrons. The molecule has 3 aromatic rings. The van der Waals surface area contributed by atoms with Gasteiger partial charge >= 0.3 is 23.1 Å². The summed E-state index contributed by atoms with van der Waals surface area (Å²) < 4.78 is 86.7. The van der Waals surface area contributed by atoms with Gasteiger partial charge in [-0.1, -0.05) is 30.3 Å². The molecule has 1 saturated heterocycles. The third-order valence-electron chi connectivity index (χ3n) is 6.13. The number of hydrogen-bond acceptors (Lipinski definition) is 6. The molecule has 1 amide bonds. The standard InChI is InChI=1S/C24H25F4N5O4S/c1-15-12-31(13-16(2)33(15)24(34)21(27)28)38(35,36)32(19-6-4-3-5-7-19)14-17-8-10-18(11-9-17)22-29-30-23(37-22)20(25)26/h3-11,15-16,20-21H,12-14H2,1-2H3/t15-,16+. The number of para-hydroxylation sites is 1. The van der Waals surface area contributed by atoms with Gasteiger partial charge in [-0.05, 0) is 43.7 Å². The lowest BCUT2D eigenvalue weighted by Gasteiger charge is -2.44. The summed E-state index contributed by atoms with van der Waals surface area (Å²) in [5, 5.41) is 6.90. The number of benzene rings is 2. The zero-order valence-electron chi connectivity index (χ0n) is 20.4. The van der Waals surface area contributed by atoms with Crippen LogP contribution in [0.25, 0.3) is 11.5 Å². The molecule has 0 aliphatic carbocycles. The zero-order valence-corrected chi connectivity index (χ0v) is 21.2. The van der Waals surface area contributed by atoms with Gasteiger partial charge in [-0.2, -0.15) is 30.3 Å². The molecular formula is C24H25F4N5O4S. The molecule has 0 saturated carbocycles. The maximum absolute atomic E-state index is 13.8. The number of amides is 1. The Kier molecular flexibility index (Phi) is 8.02. The maximum Gasteiger partial charge on any atom is 0.315 e. The van der Waals surface area contributed by atoms with E-state index in [1.807, 2.05) is 0 Å². The van der Waals surface area contributed by atoms with Crippen molar-refractivity contribution < 1.29 is 35.2 Å². The van der Waals surface area contributed by atoms with E-state index in [1.165, 1.54) is 22.5 Å². The lowest BCUT2D eigenvalue weighted by molar-refractivity contribution is -0.149. The van der Waals surface area contributed by atoms with E-state index < -0.39 is 46.9 Å². The van der Waals surface area contributed by atoms with Crippen LogP contribution in [0.3, 0.4) is 0 Å². The quantitative estimate of drug-likeness (QED) is 0.388. The van der Waals surface area contributed by atoms with Crippen molar-refractivity contribution in [1.29, 1.82) is 0 Å². The van der Waals surface area contributed by atoms with Gasteiger partial charge in [0.1, 0.15) is 0 Å². The fourth-order valence-electron chi connectivity index (χ4n) is 4.41. The minimum Gasteiger partial charge on any atom is -0.415 e. The molecule has 38 heavy (non-hydrogen) atoms. The number of anilines is 1. The van der Waals surface area contributed by atoms with Crippen LogP contribution < -0.4 is 4.31 Å². The lowest BCUT2D eigenvalue weighted by Crippen LogP contribution is -2.62. The minimum absolute atomic E-state index is 0.0856. The number of hydrogen-bond donors (Lipinski definition) is 0. The van der Waals surface area contributed by atoms with E-state index >= 15 is 0 Å². The predicted molar refractivity (Wildman–Crippen MR) is 130 cm³/mol. The van der Waals surface area contributed by atoms with Crippen molar-refractivity contribution in [3.05, 3.63) is 66.1 Å². The molecule has 0 bridgehead atoms. The molecule has 1 aliphatic heterocycles. The van der Waals surface area contributed by atoms with E-state index in [-0.39, 0.29) is 25.5 Å². The van der Waals surface area contributed by atoms with Gasteiger partial charge in [-0.25, -0.2) is 0 Å². The smallest absolute Gasteiger partial charge is 0.315 e. The molecule has 4 rings (SSSR count). The van der Waals surface area contributed by atoms with Crippen molar-refractivity contribution in [2.24, 2.45) is 0 Å². The van der Waals surface area contributed by atoms with Gasteiger partial charge in [-0.15, -0.1) is 10.2 Å². The SMILES string of the molecule is C[C@@H]1CN(S(=O)(=O)N(Cc2ccc(-c3nnc(C(F)F)o3)cc2)c2ccccc2)C[C@H](C)N1C(=O)C(F)F. The van der Waals surface area contributed by atoms with Crippen molar-refractivity contribution in [2.45, 2.75) is 45.3 Å². The van der Waals surface area contributed by atoms with Gasteiger partial charge in [0.2, 0.25) is 5.89 Å². The van der Waals surface area contributed by atoms with Crippen LogP contribution in [-0.2, 0) is 21.5 Å². The summed E-state index contributed by atoms with van der Waals surface area (Å²) in [5.74, 6) is -2.23. The molecule has 0 unspecified atom stereocenters. The van der Waals surface area contributed by atoms with Crippen LogP contribution in [0.15, 0.2) is 59.0 Å². The van der Waals surface area contributed by atoms with E-state index in [9.17, 15) is 30.8 Å². The highest BCUT2D eigenvalue weighted by atomic mass is 32.2. The topological polar surface area (TPSA) is 99.8 Å². The Bertz CT molecular complexity index is 1340. The van der Waals surface area contributed by atoms with Gasteiger partial charge < -0.3 is 9.32 Å². The zero-order chi connectivity index (χ0) is 27.6. The van der Waals surface area contributed by atoms with E-state index in [1.54, 1.807) is 54.6 Å². The van der Waals surface area contributed by atoms with Gasteiger partial charge in [0.15, 0.2) is 0 Å². The number of nitrogens with zero attached hydrogens (tertiary/aromatic N) is 5. The first kappa shape index (κ1) is 27.5. The number of rotatable bonds is 8. The van der Waals surface area contributed by atoms with Gasteiger partial charge in [0.25, 0.3) is 11.8 Å². The molecule has 14 heteroatoms. The fourth-order valence-corrected chi connectivity index (χ4v) is 6.19. The van der Waals surface area contributed by atoms with Crippen molar-refractivity contribution >= 4 is 21.8 Å². The number of alkyl halides is 4. The van der Waals surface area contributed by atoms with Crippen LogP contribution in [0, 0.1) is 0 Å². The Labute approximate surface area is 216 Å². The fraction of sp³-hybridized carbons (Fsp3) is 0.375. The first-order chi connectivity index (χ1) is 18.0. The first-order valence-corrected chi connectivity index (χ1v) is 13.0. The second-order valence-corrected chi connectivity index (χ2v) is 10.7. The molecule has 1 aromatic heterocycles. The van der Waals surface area contributed by atoms with Crippen molar-refractivity contribution in [1.82, 2.24) is 19.4 Å². The summed E-state index contributed by atoms with van der Waals surface area (Å²) in [6.07, 6.45) is -6.08. The van der Waals surface area contributed by atoms with Crippen LogP contribution in [0.5, 0.6) is 0 Å². The average molecular weight is 556 g/mol. The minimum atomic E-state index is -4.16. The summed E-state index contributed by atoms with van der Waals surface area (Å²) in [7, 11) is -4.16. The third-order valence-corrected chi connectivity index (χ3v) is 7.98. The van der Waals surface area contributed by atoms with Crippen LogP contribution >= 0.6 is 0 Å². The molecular weight excluding hydrogens is 530 g/mol. The largest absolute Gasteiger partial charge is 0.415 e. The summed E-state index contributed by atoms with van der Waals surface area (Å²) in [6, 6.07) is 13.1. The highest BCUT2D eigenvalue weighted by molar-refractivity contribution is 7.90. The lowest BCUT2D eigenvalue weighted by atomic mass is 10.1. The number of aromatic nitrogens is 2. The summed E-state index contributed by atoms with van der Waals surface area (Å²) >= 11 is 0. The van der Waals surface area contributed by atoms with Crippen LogP contribution in [0.4, 0.5) is 23.2 Å². The van der Waals surface area contributed by atoms with Gasteiger partial charge in [-0.3, -0.25) is 9.10 Å². The van der Waals surface area contributed by atoms with E-state index in [0.717, 1.165) is 4.90 Å². The monoisotopic (exact) mass is 555 g/mol. The summed E-state index contributed by atoms with van der Waals surface area (Å²) in [5.41, 5.74) is 1.33. The van der Waals surface area contributed by atoms with E-state index in [4.69, 9.17) is 4.42 Å². The van der Waals surface area contributed by atoms with Crippen molar-refractivity contribution in [2.75, 3.05) is 17.4 Å². The summed E-state index contributed by atoms with van der Waals surface area (Å²) in [4.78, 5) is 13.0. The summed E-state index contributed by atoms with van der Waals surface area (Å²) in [6.45, 7) is 2.66. The van der Waals surface area contributed by atoms with Crippen LogP contribution in [0.2, 0.25) is 0 Å². The molecule has 1 fully saturated rings. The van der Waals surface area contributed by atoms with Gasteiger partial charge in [0, 0.05) is 30.7 Å². The molecule has 1 aliphatic rings. The second kappa shape index (κ2) is 11.1. The Balaban J connectivity index is 1.59. The molecule has 0 N–H and O–H groups in total. The molecule has 2 heterocycles. The Morgan fingerprint density at radius 3 is 2.13 bits per heavy atom. The number of piperazine rings is 1. The predicted octanol–water partition coefficient (Wildman–Crippen LogP) is 4.11. The van der Waals surface area contributed by atoms with Gasteiger partial charge in [0.05, 0.1) is 12.2 Å². The maximum atomic E-state index is 13.8. The van der Waals surface area contributed by atoms with Crippen molar-refractivity contribution in [3.63, 3.8) is 0 Å².